The number of nitrogen functional groups attached to an aromatic ring is 1. The molecule has 0 saturated heterocycles. The largest absolute Gasteiger partial charge is 0.464 e. The van der Waals surface area contributed by atoms with Crippen molar-refractivity contribution in [2.24, 2.45) is 0 Å². The predicted molar refractivity (Wildman–Crippen MR) is 61.6 cm³/mol. The van der Waals surface area contributed by atoms with Gasteiger partial charge < -0.3 is 10.5 Å². The molecule has 0 radical (unpaired) electrons. The van der Waals surface area contributed by atoms with Crippen molar-refractivity contribution in [1.82, 2.24) is 24.9 Å². The Hall–Kier alpha value is -1.96. The molecular weight excluding hydrogens is 240 g/mol. The minimum atomic E-state index is 0.113. The van der Waals surface area contributed by atoms with Crippen molar-refractivity contribution in [2.45, 2.75) is 17.2 Å². The van der Waals surface area contributed by atoms with Gasteiger partial charge in [-0.25, -0.2) is 9.97 Å². The van der Waals surface area contributed by atoms with E-state index in [0.29, 0.717) is 16.9 Å². The molecule has 2 N–H and O–H groups in total. The molecule has 0 spiro atoms. The summed E-state index contributed by atoms with van der Waals surface area (Å²) in [7, 11) is 0. The van der Waals surface area contributed by atoms with E-state index in [0.717, 1.165) is 0 Å². The lowest BCUT2D eigenvalue weighted by Crippen LogP contribution is -2.04. The van der Waals surface area contributed by atoms with Gasteiger partial charge in [0.2, 0.25) is 11.1 Å². The van der Waals surface area contributed by atoms with E-state index in [-0.39, 0.29) is 12.0 Å². The van der Waals surface area contributed by atoms with E-state index >= 15 is 0 Å². The molecule has 0 aliphatic heterocycles. The van der Waals surface area contributed by atoms with Gasteiger partial charge >= 0.3 is 6.01 Å². The summed E-state index contributed by atoms with van der Waals surface area (Å²) in [6.45, 7) is 2.31. The SMILES string of the molecule is CCOc1nc(N)nc(Sc2ncccn2)n1. The fourth-order valence-corrected chi connectivity index (χ4v) is 1.67. The molecule has 0 atom stereocenters. The summed E-state index contributed by atoms with van der Waals surface area (Å²) in [5, 5.41) is 0.952. The first-order valence-electron chi connectivity index (χ1n) is 4.87. The lowest BCUT2D eigenvalue weighted by atomic mass is 10.7. The molecule has 7 nitrogen and oxygen atoms in total. The van der Waals surface area contributed by atoms with E-state index in [2.05, 4.69) is 24.9 Å². The van der Waals surface area contributed by atoms with Crippen molar-refractivity contribution in [3.8, 4) is 6.01 Å². The second-order valence-corrected chi connectivity index (χ2v) is 3.76. The molecule has 0 bridgehead atoms. The third kappa shape index (κ3) is 3.25. The summed E-state index contributed by atoms with van der Waals surface area (Å²) in [6, 6.07) is 1.94. The summed E-state index contributed by atoms with van der Waals surface area (Å²) < 4.78 is 5.17. The molecule has 2 aromatic rings. The molecular formula is C9H10N6OS. The average Bonchev–Trinajstić information content (AvgIpc) is 2.30. The van der Waals surface area contributed by atoms with Crippen LogP contribution in [0.1, 0.15) is 6.92 Å². The van der Waals surface area contributed by atoms with Gasteiger partial charge in [0, 0.05) is 12.4 Å². The molecule has 2 aromatic heterocycles. The second kappa shape index (κ2) is 5.39. The number of ether oxygens (including phenoxy) is 1. The summed E-state index contributed by atoms with van der Waals surface area (Å²) in [5.41, 5.74) is 5.55. The topological polar surface area (TPSA) is 99.7 Å². The molecule has 8 heteroatoms. The highest BCUT2D eigenvalue weighted by Gasteiger charge is 2.08. The van der Waals surface area contributed by atoms with E-state index in [9.17, 15) is 0 Å². The zero-order valence-electron chi connectivity index (χ0n) is 9.07. The molecule has 2 heterocycles. The number of nitrogens with zero attached hydrogens (tertiary/aromatic N) is 5. The normalized spacial score (nSPS) is 10.2. The molecule has 0 fully saturated rings. The zero-order valence-corrected chi connectivity index (χ0v) is 9.89. The maximum atomic E-state index is 5.55. The molecule has 0 aliphatic carbocycles. The standard InChI is InChI=1S/C9H10N6OS/c1-2-16-7-13-6(10)14-9(15-7)17-8-11-4-3-5-12-8/h3-5H,2H2,1H3,(H2,10,13,14,15). The zero-order chi connectivity index (χ0) is 12.1. The van der Waals surface area contributed by atoms with E-state index in [1.54, 1.807) is 18.5 Å². The monoisotopic (exact) mass is 250 g/mol. The molecule has 2 rings (SSSR count). The van der Waals surface area contributed by atoms with Crippen molar-refractivity contribution in [3.05, 3.63) is 18.5 Å². The van der Waals surface area contributed by atoms with Crippen LogP contribution in [0.25, 0.3) is 0 Å². The van der Waals surface area contributed by atoms with E-state index in [1.165, 1.54) is 11.8 Å². The third-order valence-electron chi connectivity index (χ3n) is 1.61. The van der Waals surface area contributed by atoms with Gasteiger partial charge in [0.1, 0.15) is 0 Å². The Morgan fingerprint density at radius 3 is 2.65 bits per heavy atom. The number of nitrogens with two attached hydrogens (primary N) is 1. The second-order valence-electron chi connectivity index (χ2n) is 2.83. The first-order chi connectivity index (χ1) is 8.28. The average molecular weight is 250 g/mol. The van der Waals surface area contributed by atoms with Crippen molar-refractivity contribution < 1.29 is 4.74 Å². The Bertz CT molecular complexity index is 494. The molecule has 0 aliphatic rings. The minimum Gasteiger partial charge on any atom is -0.464 e. The van der Waals surface area contributed by atoms with Crippen LogP contribution in [0.2, 0.25) is 0 Å². The van der Waals surface area contributed by atoms with Crippen molar-refractivity contribution >= 4 is 17.7 Å². The molecule has 17 heavy (non-hydrogen) atoms. The Balaban J connectivity index is 2.21. The van der Waals surface area contributed by atoms with Crippen LogP contribution in [-0.4, -0.2) is 31.5 Å². The van der Waals surface area contributed by atoms with Gasteiger partial charge in [0.25, 0.3) is 0 Å². The molecule has 0 aromatic carbocycles. The van der Waals surface area contributed by atoms with Gasteiger partial charge in [-0.15, -0.1) is 0 Å². The Kier molecular flexibility index (Phi) is 3.66. The smallest absolute Gasteiger partial charge is 0.322 e. The minimum absolute atomic E-state index is 0.113. The molecule has 0 unspecified atom stereocenters. The molecule has 0 saturated carbocycles. The van der Waals surface area contributed by atoms with Crippen molar-refractivity contribution in [2.75, 3.05) is 12.3 Å². The molecule has 0 amide bonds. The van der Waals surface area contributed by atoms with Crippen LogP contribution >= 0.6 is 11.8 Å². The van der Waals surface area contributed by atoms with Gasteiger partial charge in [0.15, 0.2) is 5.16 Å². The van der Waals surface area contributed by atoms with E-state index in [1.807, 2.05) is 6.92 Å². The first-order valence-corrected chi connectivity index (χ1v) is 5.69. The first kappa shape index (κ1) is 11.5. The van der Waals surface area contributed by atoms with Gasteiger partial charge in [-0.1, -0.05) is 0 Å². The fourth-order valence-electron chi connectivity index (χ4n) is 1.01. The van der Waals surface area contributed by atoms with Gasteiger partial charge in [-0.2, -0.15) is 15.0 Å². The van der Waals surface area contributed by atoms with Crippen LogP contribution in [0.5, 0.6) is 6.01 Å². The lowest BCUT2D eigenvalue weighted by Gasteiger charge is -2.03. The van der Waals surface area contributed by atoms with Crippen LogP contribution in [0.15, 0.2) is 28.8 Å². The van der Waals surface area contributed by atoms with Gasteiger partial charge in [-0.3, -0.25) is 0 Å². The van der Waals surface area contributed by atoms with Crippen LogP contribution in [0, 0.1) is 0 Å². The quantitative estimate of drug-likeness (QED) is 0.795. The number of rotatable bonds is 4. The van der Waals surface area contributed by atoms with E-state index < -0.39 is 0 Å². The predicted octanol–water partition coefficient (Wildman–Crippen LogP) is 0.794. The van der Waals surface area contributed by atoms with Crippen molar-refractivity contribution in [1.29, 1.82) is 0 Å². The fraction of sp³-hybridized carbons (Fsp3) is 0.222. The van der Waals surface area contributed by atoms with Crippen molar-refractivity contribution in [3.63, 3.8) is 0 Å². The Morgan fingerprint density at radius 1 is 1.18 bits per heavy atom. The highest BCUT2D eigenvalue weighted by molar-refractivity contribution is 7.99. The lowest BCUT2D eigenvalue weighted by molar-refractivity contribution is 0.308. The molecule has 88 valence electrons. The maximum absolute atomic E-state index is 5.55. The van der Waals surface area contributed by atoms with E-state index in [4.69, 9.17) is 10.5 Å². The number of aromatic nitrogens is 5. The van der Waals surface area contributed by atoms with Crippen LogP contribution in [-0.2, 0) is 0 Å². The van der Waals surface area contributed by atoms with Gasteiger partial charge in [-0.05, 0) is 24.8 Å². The third-order valence-corrected chi connectivity index (χ3v) is 2.37. The summed E-state index contributed by atoms with van der Waals surface area (Å²) >= 11 is 1.20. The van der Waals surface area contributed by atoms with Crippen LogP contribution in [0.3, 0.4) is 0 Å². The summed E-state index contributed by atoms with van der Waals surface area (Å²) in [5.74, 6) is 0.113. The van der Waals surface area contributed by atoms with Crippen LogP contribution in [0.4, 0.5) is 5.95 Å². The maximum Gasteiger partial charge on any atom is 0.322 e. The van der Waals surface area contributed by atoms with Crippen LogP contribution < -0.4 is 10.5 Å². The Morgan fingerprint density at radius 2 is 1.94 bits per heavy atom. The summed E-state index contributed by atoms with van der Waals surface area (Å²) in [6.07, 6.45) is 3.28. The highest BCUT2D eigenvalue weighted by atomic mass is 32.2. The summed E-state index contributed by atoms with van der Waals surface area (Å²) in [4.78, 5) is 20.0. The number of anilines is 1. The number of hydrogen-bond acceptors (Lipinski definition) is 8. The van der Waals surface area contributed by atoms with Gasteiger partial charge in [0.05, 0.1) is 6.61 Å². The Labute approximate surface area is 102 Å². The number of hydrogen-bond donors (Lipinski definition) is 1. The highest BCUT2D eigenvalue weighted by Crippen LogP contribution is 2.21.